The average molecular weight is 202 g/mol. The molecule has 15 heavy (non-hydrogen) atoms. The maximum Gasteiger partial charge on any atom is 0.133 e. The Morgan fingerprint density at radius 2 is 2.27 bits per heavy atom. The summed E-state index contributed by atoms with van der Waals surface area (Å²) in [4.78, 5) is 11.3. The van der Waals surface area contributed by atoms with Gasteiger partial charge in [0.2, 0.25) is 0 Å². The van der Waals surface area contributed by atoms with Crippen molar-refractivity contribution in [1.82, 2.24) is 0 Å². The van der Waals surface area contributed by atoms with Crippen LogP contribution in [-0.2, 0) is 11.2 Å². The maximum atomic E-state index is 11.3. The highest BCUT2D eigenvalue weighted by Crippen LogP contribution is 2.25. The third-order valence-corrected chi connectivity index (χ3v) is 3.19. The lowest BCUT2D eigenvalue weighted by molar-refractivity contribution is -0.121. The van der Waals surface area contributed by atoms with Crippen molar-refractivity contribution in [3.63, 3.8) is 0 Å². The molecule has 1 aliphatic carbocycles. The molecule has 0 radical (unpaired) electrons. The molecule has 0 bridgehead atoms. The molecule has 2 rings (SSSR count). The molecule has 1 nitrogen and oxygen atoms in total. The Kier molecular flexibility index (Phi) is 3.20. The van der Waals surface area contributed by atoms with Gasteiger partial charge in [0.1, 0.15) is 5.78 Å². The van der Waals surface area contributed by atoms with E-state index >= 15 is 0 Å². The Morgan fingerprint density at radius 3 is 3.00 bits per heavy atom. The van der Waals surface area contributed by atoms with Crippen molar-refractivity contribution in [3.8, 4) is 0 Å². The first-order valence-corrected chi connectivity index (χ1v) is 5.81. The van der Waals surface area contributed by atoms with Crippen molar-refractivity contribution < 1.29 is 4.79 Å². The van der Waals surface area contributed by atoms with Gasteiger partial charge in [-0.05, 0) is 37.7 Å². The number of aryl methyl sites for hydroxylation is 1. The SMILES string of the molecule is Cc1cccc(CC2CCCC(=O)C2)c1. The van der Waals surface area contributed by atoms with Gasteiger partial charge in [-0.15, -0.1) is 0 Å². The molecule has 1 aromatic rings. The Hall–Kier alpha value is -1.11. The van der Waals surface area contributed by atoms with Gasteiger partial charge in [-0.2, -0.15) is 0 Å². The fourth-order valence-electron chi connectivity index (χ4n) is 2.46. The minimum Gasteiger partial charge on any atom is -0.300 e. The summed E-state index contributed by atoms with van der Waals surface area (Å²) in [6.45, 7) is 2.12. The van der Waals surface area contributed by atoms with E-state index in [2.05, 4.69) is 31.2 Å². The van der Waals surface area contributed by atoms with Gasteiger partial charge in [-0.25, -0.2) is 0 Å². The van der Waals surface area contributed by atoms with Crippen molar-refractivity contribution in [2.75, 3.05) is 0 Å². The lowest BCUT2D eigenvalue weighted by Crippen LogP contribution is -2.16. The van der Waals surface area contributed by atoms with Crippen LogP contribution in [0.2, 0.25) is 0 Å². The van der Waals surface area contributed by atoms with Crippen LogP contribution in [-0.4, -0.2) is 5.78 Å². The van der Waals surface area contributed by atoms with E-state index in [1.54, 1.807) is 0 Å². The number of benzene rings is 1. The summed E-state index contributed by atoms with van der Waals surface area (Å²) in [5, 5.41) is 0. The van der Waals surface area contributed by atoms with Gasteiger partial charge < -0.3 is 0 Å². The van der Waals surface area contributed by atoms with Gasteiger partial charge in [0, 0.05) is 12.8 Å². The number of rotatable bonds is 2. The van der Waals surface area contributed by atoms with Crippen LogP contribution in [0, 0.1) is 12.8 Å². The molecule has 0 heterocycles. The Bertz CT molecular complexity index is 354. The summed E-state index contributed by atoms with van der Waals surface area (Å²) in [6.07, 6.45) is 5.00. The van der Waals surface area contributed by atoms with Gasteiger partial charge >= 0.3 is 0 Å². The lowest BCUT2D eigenvalue weighted by atomic mass is 9.84. The molecule has 0 N–H and O–H groups in total. The summed E-state index contributed by atoms with van der Waals surface area (Å²) in [7, 11) is 0. The first-order valence-electron chi connectivity index (χ1n) is 5.81. The number of Topliss-reactive ketones (excluding diaryl/α,β-unsaturated/α-hetero) is 1. The van der Waals surface area contributed by atoms with E-state index in [-0.39, 0.29) is 0 Å². The second kappa shape index (κ2) is 4.61. The van der Waals surface area contributed by atoms with Crippen molar-refractivity contribution in [2.24, 2.45) is 5.92 Å². The smallest absolute Gasteiger partial charge is 0.133 e. The zero-order valence-corrected chi connectivity index (χ0v) is 9.33. The van der Waals surface area contributed by atoms with E-state index in [0.29, 0.717) is 11.7 Å². The highest BCUT2D eigenvalue weighted by Gasteiger charge is 2.19. The van der Waals surface area contributed by atoms with Gasteiger partial charge in [-0.1, -0.05) is 29.8 Å². The normalized spacial score (nSPS) is 21.7. The first kappa shape index (κ1) is 10.4. The quantitative estimate of drug-likeness (QED) is 0.719. The van der Waals surface area contributed by atoms with Gasteiger partial charge in [0.15, 0.2) is 0 Å². The minimum absolute atomic E-state index is 0.457. The van der Waals surface area contributed by atoms with E-state index in [0.717, 1.165) is 25.7 Å². The molecular weight excluding hydrogens is 184 g/mol. The number of carbonyl (C=O) groups excluding carboxylic acids is 1. The second-order valence-electron chi connectivity index (χ2n) is 4.69. The van der Waals surface area contributed by atoms with E-state index in [1.807, 2.05) is 0 Å². The van der Waals surface area contributed by atoms with Crippen LogP contribution in [0.4, 0.5) is 0 Å². The Labute approximate surface area is 91.5 Å². The van der Waals surface area contributed by atoms with Gasteiger partial charge in [0.05, 0.1) is 0 Å². The summed E-state index contributed by atoms with van der Waals surface area (Å²) in [6, 6.07) is 8.63. The zero-order chi connectivity index (χ0) is 10.7. The van der Waals surface area contributed by atoms with E-state index < -0.39 is 0 Å². The molecule has 0 aliphatic heterocycles. The van der Waals surface area contributed by atoms with Crippen LogP contribution in [0.15, 0.2) is 24.3 Å². The number of carbonyl (C=O) groups is 1. The molecule has 0 amide bonds. The maximum absolute atomic E-state index is 11.3. The molecule has 0 saturated heterocycles. The molecule has 1 atom stereocenters. The van der Waals surface area contributed by atoms with Gasteiger partial charge in [-0.3, -0.25) is 4.79 Å². The third kappa shape index (κ3) is 2.92. The van der Waals surface area contributed by atoms with Crippen molar-refractivity contribution in [2.45, 2.75) is 39.0 Å². The van der Waals surface area contributed by atoms with Crippen LogP contribution < -0.4 is 0 Å². The molecule has 1 fully saturated rings. The first-order chi connectivity index (χ1) is 7.24. The van der Waals surface area contributed by atoms with Crippen LogP contribution in [0.3, 0.4) is 0 Å². The molecule has 1 heteroatoms. The molecule has 1 unspecified atom stereocenters. The van der Waals surface area contributed by atoms with Crippen molar-refractivity contribution >= 4 is 5.78 Å². The summed E-state index contributed by atoms with van der Waals surface area (Å²) < 4.78 is 0. The predicted molar refractivity (Wildman–Crippen MR) is 61.8 cm³/mol. The molecule has 1 aliphatic rings. The fourth-order valence-corrected chi connectivity index (χ4v) is 2.46. The third-order valence-electron chi connectivity index (χ3n) is 3.19. The van der Waals surface area contributed by atoms with Crippen LogP contribution in [0.1, 0.15) is 36.8 Å². The average Bonchev–Trinajstić information content (AvgIpc) is 2.17. The summed E-state index contributed by atoms with van der Waals surface area (Å²) >= 11 is 0. The highest BCUT2D eigenvalue weighted by atomic mass is 16.1. The number of ketones is 1. The largest absolute Gasteiger partial charge is 0.300 e. The molecular formula is C14H18O. The highest BCUT2D eigenvalue weighted by molar-refractivity contribution is 5.79. The van der Waals surface area contributed by atoms with E-state index in [9.17, 15) is 4.79 Å². The molecule has 1 saturated carbocycles. The molecule has 0 spiro atoms. The topological polar surface area (TPSA) is 17.1 Å². The van der Waals surface area contributed by atoms with E-state index in [1.165, 1.54) is 17.5 Å². The van der Waals surface area contributed by atoms with Crippen LogP contribution in [0.25, 0.3) is 0 Å². The Balaban J connectivity index is 1.99. The summed E-state index contributed by atoms with van der Waals surface area (Å²) in [5.74, 6) is 1.05. The van der Waals surface area contributed by atoms with Crippen LogP contribution in [0.5, 0.6) is 0 Å². The fraction of sp³-hybridized carbons (Fsp3) is 0.500. The second-order valence-corrected chi connectivity index (χ2v) is 4.69. The standard InChI is InChI=1S/C14H18O/c1-11-4-2-5-12(8-11)9-13-6-3-7-14(15)10-13/h2,4-5,8,13H,3,6-7,9-10H2,1H3. The monoisotopic (exact) mass is 202 g/mol. The van der Waals surface area contributed by atoms with Gasteiger partial charge in [0.25, 0.3) is 0 Å². The predicted octanol–water partition coefficient (Wildman–Crippen LogP) is 3.30. The summed E-state index contributed by atoms with van der Waals surface area (Å²) in [5.41, 5.74) is 2.70. The Morgan fingerprint density at radius 1 is 1.40 bits per heavy atom. The van der Waals surface area contributed by atoms with Crippen molar-refractivity contribution in [1.29, 1.82) is 0 Å². The minimum atomic E-state index is 0.457. The number of hydrogen-bond donors (Lipinski definition) is 0. The van der Waals surface area contributed by atoms with Crippen molar-refractivity contribution in [3.05, 3.63) is 35.4 Å². The van der Waals surface area contributed by atoms with E-state index in [4.69, 9.17) is 0 Å². The molecule has 1 aromatic carbocycles. The lowest BCUT2D eigenvalue weighted by Gasteiger charge is -2.20. The van der Waals surface area contributed by atoms with Crippen LogP contribution >= 0.6 is 0 Å². The molecule has 0 aromatic heterocycles. The molecule has 80 valence electrons. The number of hydrogen-bond acceptors (Lipinski definition) is 1. The zero-order valence-electron chi connectivity index (χ0n) is 9.33.